The summed E-state index contributed by atoms with van der Waals surface area (Å²) in [5.41, 5.74) is -2.96. The molecular weight excluding hydrogens is 491 g/mol. The fourth-order valence-corrected chi connectivity index (χ4v) is 4.07. The van der Waals surface area contributed by atoms with Gasteiger partial charge in [-0.25, -0.2) is 13.1 Å². The van der Waals surface area contributed by atoms with Crippen LogP contribution in [0.4, 0.5) is 32.2 Å². The molecule has 0 radical (unpaired) electrons. The first-order valence-corrected chi connectivity index (χ1v) is 9.41. The number of nitrogens with zero attached hydrogens (tertiary/aromatic N) is 3. The van der Waals surface area contributed by atoms with Crippen LogP contribution in [0.3, 0.4) is 0 Å². The summed E-state index contributed by atoms with van der Waals surface area (Å²) in [6, 6.07) is 2.05. The Balaban J connectivity index is 2.85. The van der Waals surface area contributed by atoms with Crippen molar-refractivity contribution in [2.75, 3.05) is 12.0 Å². The molecule has 0 saturated heterocycles. The van der Waals surface area contributed by atoms with Crippen LogP contribution < -0.4 is 10.0 Å². The van der Waals surface area contributed by atoms with Crippen LogP contribution in [0, 0.1) is 11.3 Å². The molecule has 1 heterocycles. The van der Waals surface area contributed by atoms with Crippen molar-refractivity contribution in [3.05, 3.63) is 33.4 Å². The number of aliphatic hydroxyl groups is 1. The third-order valence-corrected chi connectivity index (χ3v) is 5.27. The minimum Gasteiger partial charge on any atom is -0.377 e. The van der Waals surface area contributed by atoms with E-state index in [-0.39, 0.29) is 0 Å². The summed E-state index contributed by atoms with van der Waals surface area (Å²) in [7, 11) is -5.48. The zero-order chi connectivity index (χ0) is 23.1. The van der Waals surface area contributed by atoms with Crippen LogP contribution >= 0.6 is 23.2 Å². The van der Waals surface area contributed by atoms with Gasteiger partial charge in [-0.05, 0) is 12.1 Å². The molecule has 0 spiro atoms. The van der Waals surface area contributed by atoms with E-state index in [1.54, 1.807) is 0 Å². The number of alkyl halides is 6. The molecule has 2 aromatic rings. The molecule has 1 aromatic carbocycles. The highest BCUT2D eigenvalue weighted by Gasteiger charge is 2.40. The maximum atomic E-state index is 12.9. The number of sulfonamides is 1. The average molecular weight is 498 g/mol. The number of nitrogens with one attached hydrogen (secondary N) is 2. The summed E-state index contributed by atoms with van der Waals surface area (Å²) >= 11 is 11.6. The summed E-state index contributed by atoms with van der Waals surface area (Å²) < 4.78 is 101. The summed E-state index contributed by atoms with van der Waals surface area (Å²) in [5.74, 6) is -0.908. The van der Waals surface area contributed by atoms with E-state index in [1.165, 1.54) is 6.07 Å². The summed E-state index contributed by atoms with van der Waals surface area (Å²) in [6.45, 7) is -1.07. The van der Waals surface area contributed by atoms with Gasteiger partial charge >= 0.3 is 12.5 Å². The first-order valence-electron chi connectivity index (χ1n) is 7.17. The highest BCUT2D eigenvalue weighted by Crippen LogP contribution is 2.40. The fraction of sp³-hybridized carbons (Fsp3) is 0.231. The minimum atomic E-state index is -5.48. The fourth-order valence-electron chi connectivity index (χ4n) is 2.26. The number of benzene rings is 1. The molecule has 17 heteroatoms. The number of halogens is 8. The van der Waals surface area contributed by atoms with Crippen molar-refractivity contribution in [1.82, 2.24) is 14.5 Å². The Morgan fingerprint density at radius 3 is 2.10 bits per heavy atom. The Labute approximate surface area is 173 Å². The first kappa shape index (κ1) is 24.0. The van der Waals surface area contributed by atoms with Crippen LogP contribution in [0.5, 0.6) is 0 Å². The molecule has 0 aliphatic heterocycles. The lowest BCUT2D eigenvalue weighted by Crippen LogP contribution is -2.37. The van der Waals surface area contributed by atoms with E-state index in [4.69, 9.17) is 33.6 Å². The lowest BCUT2D eigenvalue weighted by Gasteiger charge is -2.15. The standard InChI is InChI=1S/C13H7Cl2F6N5O3S/c14-6-1-5(12(16,17)18)2-7(15)9(6)26-11(23-4-27)10(8(3-22)24-26)30(28,29)25-13(19,20)21/h1-2,23,25,27H,4H2. The SMILES string of the molecule is N#Cc1nn(-c2c(Cl)cc(C(F)(F)F)cc2Cl)c(NCO)c1S(=O)(=O)NC(F)(F)F. The second kappa shape index (κ2) is 8.12. The summed E-state index contributed by atoms with van der Waals surface area (Å²) in [4.78, 5) is -1.34. The molecule has 2 rings (SSSR count). The van der Waals surface area contributed by atoms with Gasteiger partial charge in [-0.2, -0.15) is 36.7 Å². The Kier molecular flexibility index (Phi) is 6.50. The van der Waals surface area contributed by atoms with Crippen LogP contribution in [0.1, 0.15) is 11.3 Å². The van der Waals surface area contributed by atoms with E-state index in [0.717, 1.165) is 0 Å². The normalized spacial score (nSPS) is 12.7. The maximum Gasteiger partial charge on any atom is 0.470 e. The van der Waals surface area contributed by atoms with E-state index < -0.39 is 66.9 Å². The van der Waals surface area contributed by atoms with Crippen LogP contribution in [-0.2, 0) is 16.2 Å². The maximum absolute atomic E-state index is 12.9. The third kappa shape index (κ3) is 4.90. The molecular formula is C13H7Cl2F6N5O3S. The van der Waals surface area contributed by atoms with E-state index in [0.29, 0.717) is 21.5 Å². The quantitative estimate of drug-likeness (QED) is 0.331. The average Bonchev–Trinajstić information content (AvgIpc) is 2.91. The number of nitriles is 1. The molecule has 164 valence electrons. The van der Waals surface area contributed by atoms with Gasteiger partial charge in [0.25, 0.3) is 10.0 Å². The van der Waals surface area contributed by atoms with Crippen molar-refractivity contribution in [2.24, 2.45) is 0 Å². The molecule has 0 aliphatic carbocycles. The lowest BCUT2D eigenvalue weighted by atomic mass is 10.2. The van der Waals surface area contributed by atoms with Crippen LogP contribution in [0.2, 0.25) is 10.0 Å². The van der Waals surface area contributed by atoms with Crippen molar-refractivity contribution in [3.63, 3.8) is 0 Å². The summed E-state index contributed by atoms with van der Waals surface area (Å²) in [6.07, 6.45) is -10.3. The van der Waals surface area contributed by atoms with Crippen molar-refractivity contribution in [1.29, 1.82) is 5.26 Å². The number of rotatable bonds is 5. The lowest BCUT2D eigenvalue weighted by molar-refractivity contribution is -0.138. The van der Waals surface area contributed by atoms with Gasteiger partial charge in [0.2, 0.25) is 0 Å². The predicted molar refractivity (Wildman–Crippen MR) is 90.4 cm³/mol. The van der Waals surface area contributed by atoms with E-state index in [1.807, 2.05) is 5.32 Å². The largest absolute Gasteiger partial charge is 0.470 e. The van der Waals surface area contributed by atoms with Gasteiger partial charge in [-0.1, -0.05) is 23.2 Å². The second-order valence-corrected chi connectivity index (χ2v) is 7.71. The van der Waals surface area contributed by atoms with Gasteiger partial charge in [-0.3, -0.25) is 0 Å². The number of aliphatic hydroxyl groups excluding tert-OH is 1. The molecule has 8 nitrogen and oxygen atoms in total. The van der Waals surface area contributed by atoms with Crippen LogP contribution in [0.15, 0.2) is 17.0 Å². The van der Waals surface area contributed by atoms with Gasteiger partial charge in [0, 0.05) is 0 Å². The van der Waals surface area contributed by atoms with Gasteiger partial charge < -0.3 is 10.4 Å². The number of anilines is 1. The predicted octanol–water partition coefficient (Wildman–Crippen LogP) is 3.23. The molecule has 0 bridgehead atoms. The highest BCUT2D eigenvalue weighted by molar-refractivity contribution is 7.89. The Morgan fingerprint density at radius 1 is 1.17 bits per heavy atom. The van der Waals surface area contributed by atoms with E-state index >= 15 is 0 Å². The molecule has 3 N–H and O–H groups in total. The van der Waals surface area contributed by atoms with Crippen molar-refractivity contribution in [2.45, 2.75) is 17.4 Å². The Morgan fingerprint density at radius 2 is 1.70 bits per heavy atom. The molecule has 30 heavy (non-hydrogen) atoms. The van der Waals surface area contributed by atoms with Crippen molar-refractivity contribution >= 4 is 39.0 Å². The van der Waals surface area contributed by atoms with Crippen LogP contribution in [-0.4, -0.2) is 36.3 Å². The molecule has 1 aromatic heterocycles. The third-order valence-electron chi connectivity index (χ3n) is 3.27. The van der Waals surface area contributed by atoms with Gasteiger partial charge in [0.05, 0.1) is 15.6 Å². The van der Waals surface area contributed by atoms with E-state index in [9.17, 15) is 34.8 Å². The smallest absolute Gasteiger partial charge is 0.377 e. The van der Waals surface area contributed by atoms with Crippen molar-refractivity contribution in [3.8, 4) is 11.8 Å². The highest BCUT2D eigenvalue weighted by atomic mass is 35.5. The van der Waals surface area contributed by atoms with Gasteiger partial charge in [0.1, 0.15) is 18.5 Å². The molecule has 0 aliphatic rings. The van der Waals surface area contributed by atoms with Crippen molar-refractivity contribution < 1.29 is 39.9 Å². The van der Waals surface area contributed by atoms with Gasteiger partial charge in [0.15, 0.2) is 16.4 Å². The first-order chi connectivity index (χ1) is 13.6. The second-order valence-electron chi connectivity index (χ2n) is 5.27. The molecule has 0 saturated carbocycles. The van der Waals surface area contributed by atoms with Crippen LogP contribution in [0.25, 0.3) is 5.69 Å². The summed E-state index contributed by atoms with van der Waals surface area (Å²) in [5, 5.41) is 22.2. The number of hydrogen-bond acceptors (Lipinski definition) is 6. The molecule has 0 amide bonds. The number of aromatic nitrogens is 2. The Bertz CT molecular complexity index is 1100. The number of hydrogen-bond donors (Lipinski definition) is 3. The topological polar surface area (TPSA) is 120 Å². The van der Waals surface area contributed by atoms with Gasteiger partial charge in [-0.15, -0.1) is 4.72 Å². The molecule has 0 fully saturated rings. The monoisotopic (exact) mass is 497 g/mol. The zero-order valence-electron chi connectivity index (χ0n) is 13.9. The molecule has 0 atom stereocenters. The Hall–Kier alpha value is -2.25. The minimum absolute atomic E-state index is 0.340. The zero-order valence-corrected chi connectivity index (χ0v) is 16.2. The van der Waals surface area contributed by atoms with E-state index in [2.05, 4.69) is 5.10 Å². The molecule has 0 unspecified atom stereocenters.